The van der Waals surface area contributed by atoms with Crippen molar-refractivity contribution in [3.63, 3.8) is 0 Å². The van der Waals surface area contributed by atoms with Crippen molar-refractivity contribution in [2.75, 3.05) is 25.0 Å². The van der Waals surface area contributed by atoms with E-state index in [0.29, 0.717) is 31.2 Å². The second-order valence-electron chi connectivity index (χ2n) is 9.60. The van der Waals surface area contributed by atoms with E-state index >= 15 is 0 Å². The summed E-state index contributed by atoms with van der Waals surface area (Å²) >= 11 is 0. The number of amides is 1. The first-order valence-electron chi connectivity index (χ1n) is 12.0. The number of pyridine rings is 1. The monoisotopic (exact) mass is 484 g/mol. The van der Waals surface area contributed by atoms with Crippen LogP contribution in [0.4, 0.5) is 14.6 Å². The zero-order valence-electron chi connectivity index (χ0n) is 19.6. The van der Waals surface area contributed by atoms with Gasteiger partial charge in [-0.15, -0.1) is 0 Å². The molecule has 1 atom stereocenters. The molecule has 2 aliphatic carbocycles. The topological polar surface area (TPSA) is 73.8 Å². The molecule has 0 radical (unpaired) electrons. The molecule has 0 bridgehead atoms. The van der Waals surface area contributed by atoms with Crippen LogP contribution < -0.4 is 4.90 Å². The van der Waals surface area contributed by atoms with Crippen LogP contribution in [-0.4, -0.2) is 72.7 Å². The van der Waals surface area contributed by atoms with Crippen molar-refractivity contribution in [2.24, 2.45) is 0 Å². The summed E-state index contributed by atoms with van der Waals surface area (Å²) < 4.78 is 56.1. The van der Waals surface area contributed by atoms with Crippen LogP contribution in [0.3, 0.4) is 0 Å². The molecule has 0 spiro atoms. The van der Waals surface area contributed by atoms with Crippen LogP contribution in [-0.2, 0) is 14.8 Å². The SMILES string of the molecule is CCN(c1nc(C)ccc1S(=O)(=O)N1CCC[C@H]1C(=O)N(C)C1CCC(F)(F)CC1)C1CC1. The van der Waals surface area contributed by atoms with Crippen LogP contribution in [0.1, 0.15) is 64.0 Å². The van der Waals surface area contributed by atoms with Crippen LogP contribution in [0.15, 0.2) is 17.0 Å². The van der Waals surface area contributed by atoms with Gasteiger partial charge in [-0.3, -0.25) is 4.79 Å². The molecule has 0 N–H and O–H groups in total. The maximum Gasteiger partial charge on any atom is 0.248 e. The summed E-state index contributed by atoms with van der Waals surface area (Å²) in [6.45, 7) is 4.74. The van der Waals surface area contributed by atoms with Gasteiger partial charge in [0.25, 0.3) is 0 Å². The lowest BCUT2D eigenvalue weighted by atomic mass is 9.91. The molecule has 33 heavy (non-hydrogen) atoms. The van der Waals surface area contributed by atoms with Crippen LogP contribution in [0, 0.1) is 6.92 Å². The molecule has 3 aliphatic rings. The molecule has 4 rings (SSSR count). The summed E-state index contributed by atoms with van der Waals surface area (Å²) in [5.74, 6) is -2.52. The van der Waals surface area contributed by atoms with E-state index in [1.54, 1.807) is 19.2 Å². The molecule has 0 unspecified atom stereocenters. The second kappa shape index (κ2) is 9.09. The molecular formula is C23H34F2N4O3S. The number of aryl methyl sites for hydroxylation is 1. The highest BCUT2D eigenvalue weighted by Crippen LogP contribution is 2.38. The van der Waals surface area contributed by atoms with Crippen LogP contribution in [0.2, 0.25) is 0 Å². The molecule has 3 fully saturated rings. The largest absolute Gasteiger partial charge is 0.353 e. The minimum atomic E-state index is -3.96. The Labute approximate surface area is 195 Å². The molecule has 0 aromatic carbocycles. The van der Waals surface area contributed by atoms with Gasteiger partial charge < -0.3 is 9.80 Å². The number of carbonyl (C=O) groups excluding carboxylic acids is 1. The number of hydrogen-bond acceptors (Lipinski definition) is 5. The number of likely N-dealkylation sites (N-methyl/N-ethyl adjacent to an activating group) is 1. The second-order valence-corrected chi connectivity index (χ2v) is 11.5. The lowest BCUT2D eigenvalue weighted by Gasteiger charge is -2.37. The van der Waals surface area contributed by atoms with E-state index in [1.165, 1.54) is 9.21 Å². The molecule has 1 aromatic rings. The van der Waals surface area contributed by atoms with Crippen molar-refractivity contribution in [1.82, 2.24) is 14.2 Å². The van der Waals surface area contributed by atoms with Crippen molar-refractivity contribution in [3.8, 4) is 0 Å². The van der Waals surface area contributed by atoms with Gasteiger partial charge in [0.15, 0.2) is 0 Å². The van der Waals surface area contributed by atoms with Crippen LogP contribution in [0.5, 0.6) is 0 Å². The first-order chi connectivity index (χ1) is 15.5. The van der Waals surface area contributed by atoms with Crippen LogP contribution >= 0.6 is 0 Å². The van der Waals surface area contributed by atoms with Gasteiger partial charge in [-0.05, 0) is 64.5 Å². The number of carbonyl (C=O) groups is 1. The van der Waals surface area contributed by atoms with Gasteiger partial charge in [0, 0.05) is 50.8 Å². The highest BCUT2D eigenvalue weighted by molar-refractivity contribution is 7.89. The molecule has 1 amide bonds. The Morgan fingerprint density at radius 2 is 1.82 bits per heavy atom. The smallest absolute Gasteiger partial charge is 0.248 e. The highest BCUT2D eigenvalue weighted by atomic mass is 32.2. The number of hydrogen-bond donors (Lipinski definition) is 0. The minimum absolute atomic E-state index is 0.140. The maximum absolute atomic E-state index is 13.8. The summed E-state index contributed by atoms with van der Waals surface area (Å²) in [5, 5.41) is 0. The maximum atomic E-state index is 13.8. The fourth-order valence-corrected chi connectivity index (χ4v) is 6.92. The zero-order chi connectivity index (χ0) is 24.0. The summed E-state index contributed by atoms with van der Waals surface area (Å²) in [6, 6.07) is 2.49. The molecule has 1 aromatic heterocycles. The van der Waals surface area contributed by atoms with E-state index in [-0.39, 0.29) is 49.1 Å². The normalized spacial score (nSPS) is 24.1. The van der Waals surface area contributed by atoms with Crippen LogP contribution in [0.25, 0.3) is 0 Å². The van der Waals surface area contributed by atoms with Gasteiger partial charge in [-0.1, -0.05) is 0 Å². The lowest BCUT2D eigenvalue weighted by molar-refractivity contribution is -0.138. The summed E-state index contributed by atoms with van der Waals surface area (Å²) in [4.78, 5) is 21.6. The van der Waals surface area contributed by atoms with E-state index in [0.717, 1.165) is 18.5 Å². The molecule has 2 saturated carbocycles. The fourth-order valence-electron chi connectivity index (χ4n) is 5.13. The third-order valence-electron chi connectivity index (χ3n) is 7.24. The molecule has 1 saturated heterocycles. The van der Waals surface area contributed by atoms with Gasteiger partial charge in [-0.2, -0.15) is 4.31 Å². The third-order valence-corrected chi connectivity index (χ3v) is 9.17. The minimum Gasteiger partial charge on any atom is -0.353 e. The standard InChI is InChI=1S/C23H34F2N4O3S/c1-4-28(18-8-9-18)21-20(10-7-16(2)26-21)33(31,32)29-15-5-6-19(29)22(30)27(3)17-11-13-23(24,25)14-12-17/h7,10,17-19H,4-6,8-9,11-15H2,1-3H3/t19-/m0/s1. The number of halogens is 2. The third kappa shape index (κ3) is 4.87. The van der Waals surface area contributed by atoms with Crippen molar-refractivity contribution in [2.45, 2.75) is 94.2 Å². The Bertz CT molecular complexity index is 989. The Kier molecular flexibility index (Phi) is 6.70. The van der Waals surface area contributed by atoms with Crippen molar-refractivity contribution >= 4 is 21.7 Å². The molecule has 184 valence electrons. The fraction of sp³-hybridized carbons (Fsp3) is 0.739. The van der Waals surface area contributed by atoms with Gasteiger partial charge in [0.05, 0.1) is 0 Å². The van der Waals surface area contributed by atoms with Gasteiger partial charge >= 0.3 is 0 Å². The predicted octanol–water partition coefficient (Wildman–Crippen LogP) is 3.57. The number of alkyl halides is 2. The first-order valence-corrected chi connectivity index (χ1v) is 13.4. The summed E-state index contributed by atoms with van der Waals surface area (Å²) in [7, 11) is -2.35. The average molecular weight is 485 g/mol. The Balaban J connectivity index is 1.59. The Morgan fingerprint density at radius 1 is 1.15 bits per heavy atom. The quantitative estimate of drug-likeness (QED) is 0.592. The highest BCUT2D eigenvalue weighted by Gasteiger charge is 2.45. The number of rotatable bonds is 7. The van der Waals surface area contributed by atoms with E-state index in [4.69, 9.17) is 0 Å². The van der Waals surface area contributed by atoms with E-state index in [9.17, 15) is 22.0 Å². The number of nitrogens with zero attached hydrogens (tertiary/aromatic N) is 4. The summed E-state index contributed by atoms with van der Waals surface area (Å²) in [5.41, 5.74) is 0.742. The van der Waals surface area contributed by atoms with E-state index in [1.807, 2.05) is 18.7 Å². The van der Waals surface area contributed by atoms with Crippen molar-refractivity contribution in [3.05, 3.63) is 17.8 Å². The van der Waals surface area contributed by atoms with Gasteiger partial charge in [0.1, 0.15) is 16.8 Å². The average Bonchev–Trinajstić information content (AvgIpc) is 3.46. The number of anilines is 1. The van der Waals surface area contributed by atoms with Gasteiger partial charge in [0.2, 0.25) is 21.9 Å². The van der Waals surface area contributed by atoms with Gasteiger partial charge in [-0.25, -0.2) is 22.2 Å². The number of aromatic nitrogens is 1. The Hall–Kier alpha value is -1.81. The van der Waals surface area contributed by atoms with Crippen molar-refractivity contribution in [1.29, 1.82) is 0 Å². The first kappa shape index (κ1) is 24.3. The predicted molar refractivity (Wildman–Crippen MR) is 122 cm³/mol. The molecule has 10 heteroatoms. The zero-order valence-corrected chi connectivity index (χ0v) is 20.5. The molecule has 1 aliphatic heterocycles. The van der Waals surface area contributed by atoms with E-state index < -0.39 is 22.0 Å². The lowest BCUT2D eigenvalue weighted by Crippen LogP contribution is -2.51. The number of sulfonamides is 1. The Morgan fingerprint density at radius 3 is 2.42 bits per heavy atom. The summed E-state index contributed by atoms with van der Waals surface area (Å²) in [6.07, 6.45) is 3.02. The van der Waals surface area contributed by atoms with Crippen molar-refractivity contribution < 1.29 is 22.0 Å². The molecule has 2 heterocycles. The molecular weight excluding hydrogens is 450 g/mol. The molecule has 7 nitrogen and oxygen atoms in total. The van der Waals surface area contributed by atoms with E-state index in [2.05, 4.69) is 4.98 Å².